The second-order valence-corrected chi connectivity index (χ2v) is 2.72. The molecular formula is C5H5FN4O3S. The van der Waals surface area contributed by atoms with E-state index in [4.69, 9.17) is 10.8 Å². The van der Waals surface area contributed by atoms with E-state index in [1.165, 1.54) is 0 Å². The van der Waals surface area contributed by atoms with Crippen LogP contribution in [0.3, 0.4) is 0 Å². The number of oxime groups is 1. The third kappa shape index (κ3) is 2.36. The molecule has 0 radical (unpaired) electrons. The number of aliphatic carboxylic acids is 1. The highest BCUT2D eigenvalue weighted by Crippen LogP contribution is 2.07. The van der Waals surface area contributed by atoms with Crippen molar-refractivity contribution in [1.82, 2.24) is 9.36 Å². The number of nitrogens with two attached hydrogens (primary N) is 1. The van der Waals surface area contributed by atoms with Gasteiger partial charge < -0.3 is 15.7 Å². The van der Waals surface area contributed by atoms with E-state index in [9.17, 15) is 9.18 Å². The van der Waals surface area contributed by atoms with Crippen LogP contribution in [-0.4, -0.2) is 33.0 Å². The Morgan fingerprint density at radius 2 is 2.50 bits per heavy atom. The van der Waals surface area contributed by atoms with Gasteiger partial charge in [-0.15, -0.1) is 0 Å². The highest BCUT2D eigenvalue weighted by Gasteiger charge is 2.18. The van der Waals surface area contributed by atoms with E-state index in [2.05, 4.69) is 19.4 Å². The van der Waals surface area contributed by atoms with Crippen LogP contribution in [0.2, 0.25) is 0 Å². The number of nitrogens with zero attached hydrogens (tertiary/aromatic N) is 3. The van der Waals surface area contributed by atoms with Crippen LogP contribution in [-0.2, 0) is 9.63 Å². The Labute approximate surface area is 81.2 Å². The van der Waals surface area contributed by atoms with Gasteiger partial charge in [-0.25, -0.2) is 9.18 Å². The summed E-state index contributed by atoms with van der Waals surface area (Å²) >= 11 is 0.807. The topological polar surface area (TPSA) is 111 Å². The Morgan fingerprint density at radius 1 is 1.79 bits per heavy atom. The van der Waals surface area contributed by atoms with Gasteiger partial charge in [-0.05, 0) is 0 Å². The zero-order chi connectivity index (χ0) is 10.6. The van der Waals surface area contributed by atoms with Gasteiger partial charge in [-0.3, -0.25) is 0 Å². The average Bonchev–Trinajstić information content (AvgIpc) is 2.52. The lowest BCUT2D eigenvalue weighted by Crippen LogP contribution is -2.16. The van der Waals surface area contributed by atoms with Crippen molar-refractivity contribution in [2.24, 2.45) is 5.16 Å². The second-order valence-electron chi connectivity index (χ2n) is 1.94. The predicted molar refractivity (Wildman–Crippen MR) is 45.6 cm³/mol. The molecule has 7 nitrogen and oxygen atoms in total. The molecule has 76 valence electrons. The lowest BCUT2D eigenvalue weighted by molar-refractivity contribution is -0.129. The van der Waals surface area contributed by atoms with Gasteiger partial charge in [0.15, 0.2) is 5.13 Å². The molecule has 0 amide bonds. The van der Waals surface area contributed by atoms with Crippen molar-refractivity contribution in [3.63, 3.8) is 0 Å². The summed E-state index contributed by atoms with van der Waals surface area (Å²) in [5.74, 6) is -1.62. The van der Waals surface area contributed by atoms with E-state index in [0.29, 0.717) is 0 Å². The first-order valence-corrected chi connectivity index (χ1v) is 4.01. The zero-order valence-electron chi connectivity index (χ0n) is 6.68. The average molecular weight is 220 g/mol. The number of hydrogen-bond acceptors (Lipinski definition) is 7. The SMILES string of the molecule is Nc1nc(C(=NOCF)C(=O)O)ns1. The molecule has 0 saturated carbocycles. The van der Waals surface area contributed by atoms with Crippen molar-refractivity contribution < 1.29 is 19.1 Å². The predicted octanol–water partition coefficient (Wildman–Crippen LogP) is -0.147. The fourth-order valence-corrected chi connectivity index (χ4v) is 1.03. The smallest absolute Gasteiger partial charge is 0.362 e. The monoisotopic (exact) mass is 220 g/mol. The fourth-order valence-electron chi connectivity index (χ4n) is 0.596. The molecule has 0 aliphatic rings. The van der Waals surface area contributed by atoms with Crippen LogP contribution in [0.1, 0.15) is 5.82 Å². The zero-order valence-corrected chi connectivity index (χ0v) is 7.49. The molecule has 14 heavy (non-hydrogen) atoms. The molecule has 0 aliphatic heterocycles. The Morgan fingerprint density at radius 3 is 2.93 bits per heavy atom. The molecule has 1 aromatic heterocycles. The Kier molecular flexibility index (Phi) is 3.29. The van der Waals surface area contributed by atoms with Crippen LogP contribution in [0.4, 0.5) is 9.52 Å². The summed E-state index contributed by atoms with van der Waals surface area (Å²) in [5.41, 5.74) is 4.64. The second kappa shape index (κ2) is 4.46. The van der Waals surface area contributed by atoms with Gasteiger partial charge in [0, 0.05) is 11.5 Å². The number of rotatable bonds is 4. The molecule has 0 saturated heterocycles. The fraction of sp³-hybridized carbons (Fsp3) is 0.200. The standard InChI is InChI=1S/C5H5FN4O3S/c6-1-13-9-2(4(11)12)3-8-5(7)14-10-3/h1H2,(H,11,12)(H2,7,8,10). The summed E-state index contributed by atoms with van der Waals surface area (Å²) in [5, 5.41) is 11.7. The minimum absolute atomic E-state index is 0.0919. The molecule has 1 heterocycles. The van der Waals surface area contributed by atoms with Crippen molar-refractivity contribution in [2.75, 3.05) is 12.6 Å². The lowest BCUT2D eigenvalue weighted by Gasteiger charge is -1.94. The number of nitrogen functional groups attached to an aromatic ring is 1. The van der Waals surface area contributed by atoms with Gasteiger partial charge in [0.25, 0.3) is 6.86 Å². The van der Waals surface area contributed by atoms with E-state index in [1.807, 2.05) is 0 Å². The first-order chi connectivity index (χ1) is 6.65. The normalized spacial score (nSPS) is 11.4. The molecule has 1 rings (SSSR count). The molecule has 9 heteroatoms. The first kappa shape index (κ1) is 10.3. The van der Waals surface area contributed by atoms with Gasteiger partial charge >= 0.3 is 5.97 Å². The van der Waals surface area contributed by atoms with Crippen LogP contribution < -0.4 is 5.73 Å². The highest BCUT2D eigenvalue weighted by atomic mass is 32.1. The largest absolute Gasteiger partial charge is 0.476 e. The van der Waals surface area contributed by atoms with Crippen molar-refractivity contribution in [2.45, 2.75) is 0 Å². The molecule has 3 N–H and O–H groups in total. The molecule has 0 aliphatic carbocycles. The van der Waals surface area contributed by atoms with Crippen LogP contribution in [0.25, 0.3) is 0 Å². The van der Waals surface area contributed by atoms with Crippen molar-refractivity contribution in [3.05, 3.63) is 5.82 Å². The van der Waals surface area contributed by atoms with Gasteiger partial charge in [0.05, 0.1) is 0 Å². The van der Waals surface area contributed by atoms with E-state index >= 15 is 0 Å². The quantitative estimate of drug-likeness (QED) is 0.539. The van der Waals surface area contributed by atoms with Crippen LogP contribution in [0.15, 0.2) is 5.16 Å². The summed E-state index contributed by atoms with van der Waals surface area (Å²) in [7, 11) is 0. The summed E-state index contributed by atoms with van der Waals surface area (Å²) < 4.78 is 15.1. The summed E-state index contributed by atoms with van der Waals surface area (Å²) in [6.07, 6.45) is 0. The summed E-state index contributed by atoms with van der Waals surface area (Å²) in [6.45, 7) is -1.23. The van der Waals surface area contributed by atoms with E-state index in [-0.39, 0.29) is 11.0 Å². The van der Waals surface area contributed by atoms with Gasteiger partial charge in [0.2, 0.25) is 11.5 Å². The maximum absolute atomic E-state index is 11.6. The number of aromatic nitrogens is 2. The number of carbonyl (C=O) groups is 1. The molecular weight excluding hydrogens is 215 g/mol. The number of anilines is 1. The maximum Gasteiger partial charge on any atom is 0.362 e. The summed E-state index contributed by atoms with van der Waals surface area (Å²) in [6, 6.07) is 0. The third-order valence-corrected chi connectivity index (χ3v) is 1.60. The maximum atomic E-state index is 11.6. The van der Waals surface area contributed by atoms with Crippen molar-refractivity contribution in [1.29, 1.82) is 0 Å². The number of hydrogen-bond donors (Lipinski definition) is 2. The molecule has 0 fully saturated rings. The van der Waals surface area contributed by atoms with E-state index in [1.54, 1.807) is 0 Å². The minimum atomic E-state index is -1.42. The van der Waals surface area contributed by atoms with E-state index < -0.39 is 18.5 Å². The minimum Gasteiger partial charge on any atom is -0.476 e. The molecule has 0 aromatic carbocycles. The van der Waals surface area contributed by atoms with Crippen LogP contribution in [0, 0.1) is 0 Å². The van der Waals surface area contributed by atoms with Crippen molar-refractivity contribution >= 4 is 28.3 Å². The van der Waals surface area contributed by atoms with Crippen LogP contribution in [0.5, 0.6) is 0 Å². The molecule has 0 spiro atoms. The Balaban J connectivity index is 2.94. The Bertz CT molecular complexity index is 366. The molecule has 0 bridgehead atoms. The highest BCUT2D eigenvalue weighted by molar-refractivity contribution is 7.09. The lowest BCUT2D eigenvalue weighted by atomic mass is 10.4. The number of carboxylic acids is 1. The van der Waals surface area contributed by atoms with E-state index in [0.717, 1.165) is 11.5 Å². The summed E-state index contributed by atoms with van der Waals surface area (Å²) in [4.78, 5) is 18.1. The number of alkyl halides is 1. The first-order valence-electron chi connectivity index (χ1n) is 3.24. The van der Waals surface area contributed by atoms with Gasteiger partial charge in [-0.1, -0.05) is 5.16 Å². The number of carboxylic acid groups (broad SMARTS) is 1. The van der Waals surface area contributed by atoms with Crippen LogP contribution >= 0.6 is 11.5 Å². The van der Waals surface area contributed by atoms with Crippen molar-refractivity contribution in [3.8, 4) is 0 Å². The molecule has 1 aromatic rings. The Hall–Kier alpha value is -1.77. The third-order valence-electron chi connectivity index (χ3n) is 1.06. The van der Waals surface area contributed by atoms with Gasteiger partial charge in [0.1, 0.15) is 0 Å². The number of halogens is 1. The van der Waals surface area contributed by atoms with Gasteiger partial charge in [-0.2, -0.15) is 9.36 Å². The molecule has 0 unspecified atom stereocenters. The molecule has 0 atom stereocenters.